The zero-order valence-corrected chi connectivity index (χ0v) is 9.63. The molecule has 4 heteroatoms. The maximum atomic E-state index is 5.90. The molecule has 0 N–H and O–H groups in total. The SMILES string of the molecule is Cc1c(Cl)ncnc1OC1CCCCC1. The molecule has 1 heterocycles. The lowest BCUT2D eigenvalue weighted by Crippen LogP contribution is -2.20. The van der Waals surface area contributed by atoms with E-state index < -0.39 is 0 Å². The van der Waals surface area contributed by atoms with Gasteiger partial charge in [0, 0.05) is 5.56 Å². The summed E-state index contributed by atoms with van der Waals surface area (Å²) in [5, 5.41) is 0.482. The Morgan fingerprint density at radius 1 is 1.27 bits per heavy atom. The van der Waals surface area contributed by atoms with Crippen LogP contribution in [0.25, 0.3) is 0 Å². The first-order valence-electron chi connectivity index (χ1n) is 5.41. The van der Waals surface area contributed by atoms with Crippen LogP contribution in [0.3, 0.4) is 0 Å². The number of hydrogen-bond donors (Lipinski definition) is 0. The Kier molecular flexibility index (Phi) is 3.41. The minimum Gasteiger partial charge on any atom is -0.474 e. The Hall–Kier alpha value is -0.830. The molecule has 82 valence electrons. The number of aromatic nitrogens is 2. The van der Waals surface area contributed by atoms with Crippen molar-refractivity contribution in [3.63, 3.8) is 0 Å². The first kappa shape index (κ1) is 10.7. The fraction of sp³-hybridized carbons (Fsp3) is 0.636. The fourth-order valence-corrected chi connectivity index (χ4v) is 2.00. The summed E-state index contributed by atoms with van der Waals surface area (Å²) >= 11 is 5.90. The van der Waals surface area contributed by atoms with Gasteiger partial charge in [0.15, 0.2) is 0 Å². The predicted octanol–water partition coefficient (Wildman–Crippen LogP) is 3.15. The van der Waals surface area contributed by atoms with Crippen molar-refractivity contribution in [1.29, 1.82) is 0 Å². The summed E-state index contributed by atoms with van der Waals surface area (Å²) in [5.41, 5.74) is 0.838. The summed E-state index contributed by atoms with van der Waals surface area (Å²) in [6.45, 7) is 1.89. The van der Waals surface area contributed by atoms with Crippen LogP contribution in [0.4, 0.5) is 0 Å². The highest BCUT2D eigenvalue weighted by Crippen LogP contribution is 2.26. The highest BCUT2D eigenvalue weighted by atomic mass is 35.5. The molecule has 0 aliphatic heterocycles. The van der Waals surface area contributed by atoms with E-state index in [0.717, 1.165) is 18.4 Å². The number of ether oxygens (including phenoxy) is 1. The van der Waals surface area contributed by atoms with Gasteiger partial charge in [0.2, 0.25) is 5.88 Å². The molecule has 0 saturated heterocycles. The molecule has 2 rings (SSSR count). The highest BCUT2D eigenvalue weighted by Gasteiger charge is 2.17. The van der Waals surface area contributed by atoms with Gasteiger partial charge in [0.25, 0.3) is 0 Å². The zero-order chi connectivity index (χ0) is 10.7. The van der Waals surface area contributed by atoms with Crippen molar-refractivity contribution in [2.24, 2.45) is 0 Å². The smallest absolute Gasteiger partial charge is 0.221 e. The second kappa shape index (κ2) is 4.79. The molecule has 0 unspecified atom stereocenters. The molecule has 1 fully saturated rings. The molecular weight excluding hydrogens is 212 g/mol. The topological polar surface area (TPSA) is 35.0 Å². The molecule has 1 aromatic heterocycles. The second-order valence-corrected chi connectivity index (χ2v) is 4.33. The van der Waals surface area contributed by atoms with Crippen LogP contribution in [0, 0.1) is 6.92 Å². The van der Waals surface area contributed by atoms with E-state index in [-0.39, 0.29) is 0 Å². The molecule has 0 bridgehead atoms. The molecule has 3 nitrogen and oxygen atoms in total. The average molecular weight is 227 g/mol. The number of rotatable bonds is 2. The standard InChI is InChI=1S/C11H15ClN2O/c1-8-10(12)13-7-14-11(8)15-9-5-3-2-4-6-9/h7,9H,2-6H2,1H3. The molecule has 0 aromatic carbocycles. The predicted molar refractivity (Wildman–Crippen MR) is 59.3 cm³/mol. The van der Waals surface area contributed by atoms with Gasteiger partial charge in [0.1, 0.15) is 17.6 Å². The van der Waals surface area contributed by atoms with Crippen molar-refractivity contribution in [3.05, 3.63) is 17.0 Å². The summed E-state index contributed by atoms with van der Waals surface area (Å²) in [7, 11) is 0. The van der Waals surface area contributed by atoms with Crippen LogP contribution >= 0.6 is 11.6 Å². The molecule has 0 amide bonds. The van der Waals surface area contributed by atoms with Gasteiger partial charge in [-0.1, -0.05) is 18.0 Å². The number of hydrogen-bond acceptors (Lipinski definition) is 3. The Labute approximate surface area is 94.8 Å². The zero-order valence-electron chi connectivity index (χ0n) is 8.87. The normalized spacial score (nSPS) is 17.7. The number of halogens is 1. The van der Waals surface area contributed by atoms with Gasteiger partial charge in [-0.3, -0.25) is 0 Å². The molecule has 1 aliphatic carbocycles. The van der Waals surface area contributed by atoms with Crippen molar-refractivity contribution in [2.75, 3.05) is 0 Å². The summed E-state index contributed by atoms with van der Waals surface area (Å²) in [5.74, 6) is 0.641. The van der Waals surface area contributed by atoms with E-state index in [9.17, 15) is 0 Å². The van der Waals surface area contributed by atoms with E-state index in [0.29, 0.717) is 17.1 Å². The molecular formula is C11H15ClN2O. The van der Waals surface area contributed by atoms with Gasteiger partial charge < -0.3 is 4.74 Å². The van der Waals surface area contributed by atoms with E-state index in [2.05, 4.69) is 9.97 Å². The second-order valence-electron chi connectivity index (χ2n) is 3.97. The molecule has 1 aliphatic rings. The van der Waals surface area contributed by atoms with Gasteiger partial charge >= 0.3 is 0 Å². The average Bonchev–Trinajstić information content (AvgIpc) is 2.26. The third-order valence-corrected chi connectivity index (χ3v) is 3.19. The van der Waals surface area contributed by atoms with Crippen molar-refractivity contribution >= 4 is 11.6 Å². The Morgan fingerprint density at radius 2 is 2.00 bits per heavy atom. The summed E-state index contributed by atoms with van der Waals surface area (Å²) in [4.78, 5) is 8.02. The van der Waals surface area contributed by atoms with Crippen molar-refractivity contribution in [1.82, 2.24) is 9.97 Å². The molecule has 15 heavy (non-hydrogen) atoms. The van der Waals surface area contributed by atoms with Gasteiger partial charge in [-0.2, -0.15) is 0 Å². The van der Waals surface area contributed by atoms with Crippen LogP contribution in [-0.4, -0.2) is 16.1 Å². The summed E-state index contributed by atoms with van der Waals surface area (Å²) < 4.78 is 5.83. The Bertz CT molecular complexity index is 337. The maximum Gasteiger partial charge on any atom is 0.221 e. The van der Waals surface area contributed by atoms with E-state index >= 15 is 0 Å². The van der Waals surface area contributed by atoms with Gasteiger partial charge in [-0.25, -0.2) is 9.97 Å². The first-order valence-corrected chi connectivity index (χ1v) is 5.79. The third kappa shape index (κ3) is 2.59. The molecule has 1 aromatic rings. The minimum absolute atomic E-state index is 0.309. The van der Waals surface area contributed by atoms with E-state index in [1.807, 2.05) is 6.92 Å². The first-order chi connectivity index (χ1) is 7.27. The minimum atomic E-state index is 0.309. The van der Waals surface area contributed by atoms with Gasteiger partial charge in [-0.15, -0.1) is 0 Å². The van der Waals surface area contributed by atoms with Crippen molar-refractivity contribution < 1.29 is 4.74 Å². The highest BCUT2D eigenvalue weighted by molar-refractivity contribution is 6.30. The number of nitrogens with zero attached hydrogens (tertiary/aromatic N) is 2. The Morgan fingerprint density at radius 3 is 2.73 bits per heavy atom. The van der Waals surface area contributed by atoms with Crippen LogP contribution in [-0.2, 0) is 0 Å². The van der Waals surface area contributed by atoms with Crippen LogP contribution in [0.15, 0.2) is 6.33 Å². The lowest BCUT2D eigenvalue weighted by molar-refractivity contribution is 0.147. The molecule has 0 spiro atoms. The van der Waals surface area contributed by atoms with Gasteiger partial charge in [0.05, 0.1) is 0 Å². The van der Waals surface area contributed by atoms with Crippen LogP contribution in [0.1, 0.15) is 37.7 Å². The quantitative estimate of drug-likeness (QED) is 0.727. The van der Waals surface area contributed by atoms with Gasteiger partial charge in [-0.05, 0) is 32.6 Å². The lowest BCUT2D eigenvalue weighted by Gasteiger charge is -2.22. The van der Waals surface area contributed by atoms with Crippen LogP contribution < -0.4 is 4.74 Å². The Balaban J connectivity index is 2.06. The molecule has 0 radical (unpaired) electrons. The van der Waals surface area contributed by atoms with Crippen molar-refractivity contribution in [2.45, 2.75) is 45.1 Å². The largest absolute Gasteiger partial charge is 0.474 e. The fourth-order valence-electron chi connectivity index (χ4n) is 1.87. The molecule has 0 atom stereocenters. The lowest BCUT2D eigenvalue weighted by atomic mass is 9.98. The van der Waals surface area contributed by atoms with E-state index in [4.69, 9.17) is 16.3 Å². The van der Waals surface area contributed by atoms with Crippen molar-refractivity contribution in [3.8, 4) is 5.88 Å². The maximum absolute atomic E-state index is 5.90. The van der Waals surface area contributed by atoms with E-state index in [1.54, 1.807) is 0 Å². The third-order valence-electron chi connectivity index (χ3n) is 2.81. The van der Waals surface area contributed by atoms with Crippen LogP contribution in [0.5, 0.6) is 5.88 Å². The van der Waals surface area contributed by atoms with E-state index in [1.165, 1.54) is 25.6 Å². The monoisotopic (exact) mass is 226 g/mol. The summed E-state index contributed by atoms with van der Waals surface area (Å²) in [6.07, 6.45) is 7.84. The molecule has 1 saturated carbocycles. The summed E-state index contributed by atoms with van der Waals surface area (Å²) in [6, 6.07) is 0. The van der Waals surface area contributed by atoms with Crippen LogP contribution in [0.2, 0.25) is 5.15 Å².